The van der Waals surface area contributed by atoms with Crippen LogP contribution in [0.4, 0.5) is 5.69 Å². The number of hydrogen-bond acceptors (Lipinski definition) is 5. The molecule has 0 bridgehead atoms. The molecule has 5 aromatic rings. The molecular formula is C27H18Cl3N5O2S. The molecule has 0 radical (unpaired) electrons. The number of halogens is 3. The summed E-state index contributed by atoms with van der Waals surface area (Å²) in [6.07, 6.45) is 2.87. The molecular weight excluding hydrogens is 565 g/mol. The van der Waals surface area contributed by atoms with Crippen molar-refractivity contribution >= 4 is 80.8 Å². The number of amides is 1. The van der Waals surface area contributed by atoms with E-state index in [1.54, 1.807) is 48.5 Å². The zero-order valence-electron chi connectivity index (χ0n) is 19.7. The molecule has 11 heteroatoms. The number of anilines is 1. The van der Waals surface area contributed by atoms with Gasteiger partial charge in [0.2, 0.25) is 5.91 Å². The van der Waals surface area contributed by atoms with E-state index in [4.69, 9.17) is 51.4 Å². The van der Waals surface area contributed by atoms with E-state index >= 15 is 0 Å². The Labute approximate surface area is 238 Å². The molecule has 2 aromatic heterocycles. The highest BCUT2D eigenvalue weighted by molar-refractivity contribution is 7.80. The van der Waals surface area contributed by atoms with Gasteiger partial charge >= 0.3 is 0 Å². The van der Waals surface area contributed by atoms with Crippen molar-refractivity contribution in [3.63, 3.8) is 0 Å². The van der Waals surface area contributed by atoms with E-state index in [1.807, 2.05) is 31.2 Å². The summed E-state index contributed by atoms with van der Waals surface area (Å²) in [5, 5.41) is 16.5. The van der Waals surface area contributed by atoms with Crippen molar-refractivity contribution in [2.24, 2.45) is 0 Å². The van der Waals surface area contributed by atoms with E-state index in [0.29, 0.717) is 37.8 Å². The van der Waals surface area contributed by atoms with Gasteiger partial charge in [0.05, 0.1) is 5.69 Å². The topological polar surface area (TPSA) is 85.0 Å². The fourth-order valence-corrected chi connectivity index (χ4v) is 4.51. The highest BCUT2D eigenvalue weighted by Crippen LogP contribution is 2.29. The number of nitrogens with zero attached hydrogens (tertiary/aromatic N) is 3. The van der Waals surface area contributed by atoms with Crippen LogP contribution in [0.1, 0.15) is 11.3 Å². The van der Waals surface area contributed by atoms with E-state index < -0.39 is 5.91 Å². The van der Waals surface area contributed by atoms with E-state index in [1.165, 1.54) is 10.9 Å². The number of benzene rings is 3. The van der Waals surface area contributed by atoms with Crippen molar-refractivity contribution in [3.05, 3.63) is 99.2 Å². The average molecular weight is 583 g/mol. The molecule has 0 aliphatic carbocycles. The number of furan rings is 1. The zero-order chi connectivity index (χ0) is 26.8. The normalized spacial score (nSPS) is 11.3. The lowest BCUT2D eigenvalue weighted by Gasteiger charge is -2.10. The van der Waals surface area contributed by atoms with Crippen LogP contribution in [-0.4, -0.2) is 26.0 Å². The van der Waals surface area contributed by atoms with Gasteiger partial charge in [-0.2, -0.15) is 4.80 Å². The van der Waals surface area contributed by atoms with Gasteiger partial charge in [-0.15, -0.1) is 10.2 Å². The Hall–Kier alpha value is -3.69. The molecule has 0 aliphatic rings. The molecule has 0 saturated heterocycles. The molecule has 2 heterocycles. The number of carbonyl (C=O) groups is 1. The summed E-state index contributed by atoms with van der Waals surface area (Å²) in [6.45, 7) is 1.91. The highest BCUT2D eigenvalue weighted by atomic mass is 35.5. The van der Waals surface area contributed by atoms with E-state index in [-0.39, 0.29) is 5.11 Å². The molecule has 2 N–H and O–H groups in total. The molecule has 0 atom stereocenters. The molecule has 5 rings (SSSR count). The van der Waals surface area contributed by atoms with Crippen LogP contribution in [0.3, 0.4) is 0 Å². The van der Waals surface area contributed by atoms with Crippen LogP contribution < -0.4 is 10.6 Å². The predicted octanol–water partition coefficient (Wildman–Crippen LogP) is 7.48. The van der Waals surface area contributed by atoms with Gasteiger partial charge in [-0.3, -0.25) is 10.1 Å². The third kappa shape index (κ3) is 6.06. The lowest BCUT2D eigenvalue weighted by molar-refractivity contribution is -0.115. The summed E-state index contributed by atoms with van der Waals surface area (Å²) in [5.74, 6) is 0.638. The van der Waals surface area contributed by atoms with Gasteiger partial charge in [-0.05, 0) is 97.5 Å². The molecule has 0 unspecified atom stereocenters. The van der Waals surface area contributed by atoms with Crippen molar-refractivity contribution in [3.8, 4) is 17.0 Å². The molecule has 1 amide bonds. The summed E-state index contributed by atoms with van der Waals surface area (Å²) in [5.41, 5.74) is 4.49. The fourth-order valence-electron chi connectivity index (χ4n) is 3.65. The minimum absolute atomic E-state index is 0.140. The van der Waals surface area contributed by atoms with Crippen molar-refractivity contribution in [1.82, 2.24) is 20.3 Å². The Kier molecular flexibility index (Phi) is 7.49. The molecule has 3 aromatic carbocycles. The summed E-state index contributed by atoms with van der Waals surface area (Å²) in [6, 6.07) is 19.6. The second-order valence-electron chi connectivity index (χ2n) is 8.26. The second-order valence-corrected chi connectivity index (χ2v) is 9.98. The van der Waals surface area contributed by atoms with Crippen LogP contribution >= 0.6 is 47.0 Å². The van der Waals surface area contributed by atoms with Crippen LogP contribution in [0, 0.1) is 6.92 Å². The minimum atomic E-state index is -0.418. The van der Waals surface area contributed by atoms with Gasteiger partial charge in [0.15, 0.2) is 5.11 Å². The van der Waals surface area contributed by atoms with Gasteiger partial charge in [-0.25, -0.2) is 0 Å². The Morgan fingerprint density at radius 2 is 1.61 bits per heavy atom. The lowest BCUT2D eigenvalue weighted by Crippen LogP contribution is -2.33. The molecule has 7 nitrogen and oxygen atoms in total. The van der Waals surface area contributed by atoms with Gasteiger partial charge in [0, 0.05) is 32.4 Å². The summed E-state index contributed by atoms with van der Waals surface area (Å²) in [7, 11) is 0. The SMILES string of the molecule is Cc1cc2nn(-c3ccc(Cl)cc3)nc2cc1NC(=S)NC(=O)/C=C/c1ccc(-c2cc(Cl)cc(Cl)c2)o1. The number of aryl methyl sites for hydroxylation is 1. The molecule has 0 aliphatic heterocycles. The average Bonchev–Trinajstić information content (AvgIpc) is 3.50. The van der Waals surface area contributed by atoms with E-state index in [2.05, 4.69) is 20.8 Å². The first kappa shape index (κ1) is 25.9. The Morgan fingerprint density at radius 3 is 2.32 bits per heavy atom. The smallest absolute Gasteiger partial charge is 0.250 e. The summed E-state index contributed by atoms with van der Waals surface area (Å²) in [4.78, 5) is 14.0. The maximum Gasteiger partial charge on any atom is 0.250 e. The summed E-state index contributed by atoms with van der Waals surface area (Å²) < 4.78 is 5.77. The lowest BCUT2D eigenvalue weighted by atomic mass is 10.2. The van der Waals surface area contributed by atoms with Crippen molar-refractivity contribution in [2.75, 3.05) is 5.32 Å². The number of rotatable bonds is 5. The minimum Gasteiger partial charge on any atom is -0.457 e. The summed E-state index contributed by atoms with van der Waals surface area (Å²) >= 11 is 23.4. The van der Waals surface area contributed by atoms with Gasteiger partial charge in [0.1, 0.15) is 22.6 Å². The molecule has 190 valence electrons. The fraction of sp³-hybridized carbons (Fsp3) is 0.0370. The number of fused-ring (bicyclic) bond motifs is 1. The molecule has 0 spiro atoms. The Balaban J connectivity index is 1.23. The first-order valence-corrected chi connectivity index (χ1v) is 12.8. The van der Waals surface area contributed by atoms with Crippen molar-refractivity contribution in [2.45, 2.75) is 6.92 Å². The molecule has 38 heavy (non-hydrogen) atoms. The van der Waals surface area contributed by atoms with Crippen LogP contribution in [0.2, 0.25) is 15.1 Å². The number of thiocarbonyl (C=S) groups is 1. The maximum absolute atomic E-state index is 12.4. The van der Waals surface area contributed by atoms with Gasteiger partial charge in [0.25, 0.3) is 0 Å². The maximum atomic E-state index is 12.4. The predicted molar refractivity (Wildman–Crippen MR) is 156 cm³/mol. The largest absolute Gasteiger partial charge is 0.457 e. The monoisotopic (exact) mass is 581 g/mol. The zero-order valence-corrected chi connectivity index (χ0v) is 22.8. The van der Waals surface area contributed by atoms with Crippen LogP contribution in [0.25, 0.3) is 34.1 Å². The van der Waals surface area contributed by atoms with Crippen LogP contribution in [0.15, 0.2) is 77.2 Å². The Bertz CT molecular complexity index is 1690. The third-order valence-electron chi connectivity index (χ3n) is 5.44. The van der Waals surface area contributed by atoms with Crippen LogP contribution in [-0.2, 0) is 4.79 Å². The number of hydrogen-bond donors (Lipinski definition) is 2. The van der Waals surface area contributed by atoms with E-state index in [0.717, 1.165) is 22.3 Å². The third-order valence-corrected chi connectivity index (χ3v) is 6.33. The Morgan fingerprint density at radius 1 is 0.921 bits per heavy atom. The van der Waals surface area contributed by atoms with Crippen LogP contribution in [0.5, 0.6) is 0 Å². The number of nitrogens with one attached hydrogen (secondary N) is 2. The van der Waals surface area contributed by atoms with Crippen molar-refractivity contribution < 1.29 is 9.21 Å². The molecule has 0 fully saturated rings. The quantitative estimate of drug-likeness (QED) is 0.165. The van der Waals surface area contributed by atoms with Gasteiger partial charge < -0.3 is 9.73 Å². The first-order chi connectivity index (χ1) is 18.2. The number of aromatic nitrogens is 3. The number of carbonyl (C=O) groups excluding carboxylic acids is 1. The standard InChI is InChI=1S/C27H18Cl3N5O2S/c1-15-10-23-24(34-35(33-23)20-4-2-17(28)3-5-20)14-22(15)31-27(38)32-26(36)9-7-21-6-8-25(37-21)16-11-18(29)13-19(30)12-16/h2-14H,1H3,(H2,31,32,36,38)/b9-7+. The second kappa shape index (κ2) is 11.0. The first-order valence-electron chi connectivity index (χ1n) is 11.2. The van der Waals surface area contributed by atoms with E-state index in [9.17, 15) is 4.79 Å². The van der Waals surface area contributed by atoms with Crippen molar-refractivity contribution in [1.29, 1.82) is 0 Å². The highest BCUT2D eigenvalue weighted by Gasteiger charge is 2.11. The van der Waals surface area contributed by atoms with Gasteiger partial charge in [-0.1, -0.05) is 34.8 Å². The molecule has 0 saturated carbocycles.